The Bertz CT molecular complexity index is 1000. The predicted molar refractivity (Wildman–Crippen MR) is 107 cm³/mol. The number of amides is 1. The van der Waals surface area contributed by atoms with E-state index in [4.69, 9.17) is 4.74 Å². The molecule has 0 unspecified atom stereocenters. The Hall–Kier alpha value is -2.93. The number of carbonyl (C=O) groups is 1. The van der Waals surface area contributed by atoms with Gasteiger partial charge in [-0.3, -0.25) is 9.59 Å². The van der Waals surface area contributed by atoms with Gasteiger partial charge in [0.25, 0.3) is 11.5 Å². The van der Waals surface area contributed by atoms with Gasteiger partial charge in [0, 0.05) is 16.2 Å². The molecule has 1 amide bonds. The average molecular weight is 428 g/mol. The smallest absolute Gasteiger partial charge is 0.276 e. The highest BCUT2D eigenvalue weighted by molar-refractivity contribution is 9.10. The van der Waals surface area contributed by atoms with E-state index in [0.717, 1.165) is 10.0 Å². The van der Waals surface area contributed by atoms with E-state index in [1.807, 2.05) is 49.4 Å². The first-order valence-corrected chi connectivity index (χ1v) is 9.16. The molecule has 27 heavy (non-hydrogen) atoms. The zero-order valence-electron chi connectivity index (χ0n) is 14.7. The molecule has 6 nitrogen and oxygen atoms in total. The molecule has 0 aliphatic rings. The molecule has 0 aliphatic carbocycles. The molecule has 3 rings (SSSR count). The van der Waals surface area contributed by atoms with Gasteiger partial charge < -0.3 is 10.1 Å². The summed E-state index contributed by atoms with van der Waals surface area (Å²) in [5, 5.41) is 6.93. The number of benzene rings is 2. The summed E-state index contributed by atoms with van der Waals surface area (Å²) in [5.74, 6) is 0.333. The lowest BCUT2D eigenvalue weighted by Gasteiger charge is -2.10. The maximum atomic E-state index is 12.4. The second-order valence-electron chi connectivity index (χ2n) is 5.86. The van der Waals surface area contributed by atoms with Crippen molar-refractivity contribution < 1.29 is 9.53 Å². The van der Waals surface area contributed by atoms with Gasteiger partial charge in [0.15, 0.2) is 0 Å². The number of hydrogen-bond acceptors (Lipinski definition) is 4. The SMILES string of the molecule is Cc1cc(NC(=O)c2ccc(=O)n(CCOc3ccccc3)n2)ccc1Br. The Balaban J connectivity index is 1.67. The van der Waals surface area contributed by atoms with E-state index in [1.54, 1.807) is 6.07 Å². The lowest BCUT2D eigenvalue weighted by molar-refractivity contribution is 0.101. The summed E-state index contributed by atoms with van der Waals surface area (Å²) >= 11 is 3.42. The third kappa shape index (κ3) is 5.04. The van der Waals surface area contributed by atoms with Gasteiger partial charge in [-0.1, -0.05) is 34.1 Å². The maximum Gasteiger partial charge on any atom is 0.276 e. The number of anilines is 1. The Kier molecular flexibility index (Phi) is 6.03. The first-order valence-electron chi connectivity index (χ1n) is 8.36. The average Bonchev–Trinajstić information content (AvgIpc) is 2.67. The molecule has 0 aliphatic heterocycles. The number of nitrogens with zero attached hydrogens (tertiary/aromatic N) is 2. The second-order valence-corrected chi connectivity index (χ2v) is 6.71. The standard InChI is InChI=1S/C20H18BrN3O3/c1-14-13-15(7-8-17(14)21)22-20(26)18-9-10-19(25)24(23-18)11-12-27-16-5-3-2-4-6-16/h2-10,13H,11-12H2,1H3,(H,22,26). The van der Waals surface area contributed by atoms with E-state index in [0.29, 0.717) is 11.4 Å². The van der Waals surface area contributed by atoms with Crippen LogP contribution < -0.4 is 15.6 Å². The molecule has 2 aromatic carbocycles. The van der Waals surface area contributed by atoms with Crippen LogP contribution in [0.25, 0.3) is 0 Å². The maximum absolute atomic E-state index is 12.4. The molecule has 0 bridgehead atoms. The van der Waals surface area contributed by atoms with Gasteiger partial charge in [0.1, 0.15) is 18.1 Å². The van der Waals surface area contributed by atoms with Crippen LogP contribution in [-0.4, -0.2) is 22.3 Å². The second kappa shape index (κ2) is 8.64. The van der Waals surface area contributed by atoms with Gasteiger partial charge in [-0.2, -0.15) is 5.10 Å². The Labute approximate surface area is 164 Å². The molecular weight excluding hydrogens is 410 g/mol. The van der Waals surface area contributed by atoms with Crippen molar-refractivity contribution in [2.75, 3.05) is 11.9 Å². The summed E-state index contributed by atoms with van der Waals surface area (Å²) in [5.41, 5.74) is 1.54. The molecule has 1 heterocycles. The number of aryl methyl sites for hydroxylation is 1. The molecule has 1 N–H and O–H groups in total. The summed E-state index contributed by atoms with van der Waals surface area (Å²) in [4.78, 5) is 24.4. The highest BCUT2D eigenvalue weighted by Crippen LogP contribution is 2.20. The number of nitrogens with one attached hydrogen (secondary N) is 1. The number of hydrogen-bond donors (Lipinski definition) is 1. The number of rotatable bonds is 6. The van der Waals surface area contributed by atoms with Crippen molar-refractivity contribution in [1.82, 2.24) is 9.78 Å². The van der Waals surface area contributed by atoms with Crippen molar-refractivity contribution in [3.05, 3.63) is 86.7 Å². The minimum absolute atomic E-state index is 0.162. The molecule has 7 heteroatoms. The van der Waals surface area contributed by atoms with Crippen LogP contribution in [0.4, 0.5) is 5.69 Å². The number of carbonyl (C=O) groups excluding carboxylic acids is 1. The molecule has 0 spiro atoms. The van der Waals surface area contributed by atoms with Gasteiger partial charge in [-0.25, -0.2) is 4.68 Å². The van der Waals surface area contributed by atoms with E-state index in [1.165, 1.54) is 16.8 Å². The molecule has 0 saturated heterocycles. The van der Waals surface area contributed by atoms with Crippen LogP contribution in [0.2, 0.25) is 0 Å². The topological polar surface area (TPSA) is 73.2 Å². The first kappa shape index (κ1) is 18.8. The lowest BCUT2D eigenvalue weighted by atomic mass is 10.2. The fraction of sp³-hybridized carbons (Fsp3) is 0.150. The molecule has 3 aromatic rings. The Morgan fingerprint density at radius 3 is 2.67 bits per heavy atom. The quantitative estimate of drug-likeness (QED) is 0.651. The van der Waals surface area contributed by atoms with Crippen LogP contribution in [0.3, 0.4) is 0 Å². The summed E-state index contributed by atoms with van der Waals surface area (Å²) in [6, 6.07) is 17.6. The molecule has 0 saturated carbocycles. The van der Waals surface area contributed by atoms with Crippen molar-refractivity contribution in [2.45, 2.75) is 13.5 Å². The summed E-state index contributed by atoms with van der Waals surface area (Å²) < 4.78 is 7.77. The van der Waals surface area contributed by atoms with Crippen LogP contribution >= 0.6 is 15.9 Å². The van der Waals surface area contributed by atoms with Crippen molar-refractivity contribution in [1.29, 1.82) is 0 Å². The summed E-state index contributed by atoms with van der Waals surface area (Å²) in [6.07, 6.45) is 0. The minimum atomic E-state index is -0.380. The van der Waals surface area contributed by atoms with E-state index in [-0.39, 0.29) is 30.3 Å². The van der Waals surface area contributed by atoms with E-state index in [2.05, 4.69) is 26.3 Å². The Morgan fingerprint density at radius 2 is 1.93 bits per heavy atom. The highest BCUT2D eigenvalue weighted by Gasteiger charge is 2.11. The molecule has 0 fully saturated rings. The third-order valence-corrected chi connectivity index (χ3v) is 4.72. The van der Waals surface area contributed by atoms with Gasteiger partial charge in [0.05, 0.1) is 6.54 Å². The van der Waals surface area contributed by atoms with Crippen molar-refractivity contribution >= 4 is 27.5 Å². The van der Waals surface area contributed by atoms with Crippen LogP contribution in [0, 0.1) is 6.92 Å². The molecule has 0 radical (unpaired) electrons. The van der Waals surface area contributed by atoms with Crippen LogP contribution in [0.15, 0.2) is 69.9 Å². The van der Waals surface area contributed by atoms with E-state index in [9.17, 15) is 9.59 Å². The minimum Gasteiger partial charge on any atom is -0.492 e. The Morgan fingerprint density at radius 1 is 1.15 bits per heavy atom. The highest BCUT2D eigenvalue weighted by atomic mass is 79.9. The van der Waals surface area contributed by atoms with Crippen molar-refractivity contribution in [2.24, 2.45) is 0 Å². The van der Waals surface area contributed by atoms with Gasteiger partial charge in [-0.05, 0) is 48.9 Å². The number of ether oxygens (including phenoxy) is 1. The number of para-hydroxylation sites is 1. The predicted octanol–water partition coefficient (Wildman–Crippen LogP) is 3.65. The van der Waals surface area contributed by atoms with Gasteiger partial charge >= 0.3 is 0 Å². The zero-order chi connectivity index (χ0) is 19.2. The fourth-order valence-electron chi connectivity index (χ4n) is 2.41. The lowest BCUT2D eigenvalue weighted by Crippen LogP contribution is -2.28. The first-order chi connectivity index (χ1) is 13.0. The largest absolute Gasteiger partial charge is 0.492 e. The van der Waals surface area contributed by atoms with E-state index < -0.39 is 0 Å². The summed E-state index contributed by atoms with van der Waals surface area (Å²) in [6.45, 7) is 2.45. The third-order valence-electron chi connectivity index (χ3n) is 3.83. The zero-order valence-corrected chi connectivity index (χ0v) is 16.3. The molecule has 0 atom stereocenters. The van der Waals surface area contributed by atoms with Crippen molar-refractivity contribution in [3.8, 4) is 5.75 Å². The van der Waals surface area contributed by atoms with Crippen LogP contribution in [0.5, 0.6) is 5.75 Å². The van der Waals surface area contributed by atoms with Crippen LogP contribution in [0.1, 0.15) is 16.1 Å². The summed E-state index contributed by atoms with van der Waals surface area (Å²) in [7, 11) is 0. The number of halogens is 1. The van der Waals surface area contributed by atoms with E-state index >= 15 is 0 Å². The van der Waals surface area contributed by atoms with Gasteiger partial charge in [-0.15, -0.1) is 0 Å². The molecule has 1 aromatic heterocycles. The van der Waals surface area contributed by atoms with Crippen LogP contribution in [-0.2, 0) is 6.54 Å². The van der Waals surface area contributed by atoms with Gasteiger partial charge in [0.2, 0.25) is 0 Å². The monoisotopic (exact) mass is 427 g/mol. The molecular formula is C20H18BrN3O3. The normalized spacial score (nSPS) is 10.4. The van der Waals surface area contributed by atoms with Crippen molar-refractivity contribution in [3.63, 3.8) is 0 Å². The number of aromatic nitrogens is 2. The molecule has 138 valence electrons. The fourth-order valence-corrected chi connectivity index (χ4v) is 2.66.